The first-order chi connectivity index (χ1) is 12.1. The summed E-state index contributed by atoms with van der Waals surface area (Å²) in [6.45, 7) is 0. The number of benzene rings is 3. The van der Waals surface area contributed by atoms with Crippen LogP contribution in [0.15, 0.2) is 86.3 Å². The maximum atomic E-state index is 12.8. The first-order valence-corrected chi connectivity index (χ1v) is 9.95. The Labute approximate surface area is 150 Å². The summed E-state index contributed by atoms with van der Waals surface area (Å²) in [7, 11) is -1.89. The van der Waals surface area contributed by atoms with Crippen molar-refractivity contribution in [3.63, 3.8) is 0 Å². The first-order valence-electron chi connectivity index (χ1n) is 7.65. The first kappa shape index (κ1) is 16.1. The quantitative estimate of drug-likeness (QED) is 0.565. The molecule has 0 amide bonds. The van der Waals surface area contributed by atoms with E-state index in [0.29, 0.717) is 9.79 Å². The fourth-order valence-electron chi connectivity index (χ4n) is 2.68. The molecule has 1 N–H and O–H groups in total. The van der Waals surface area contributed by atoms with Crippen LogP contribution in [0.4, 0.5) is 11.4 Å². The minimum Gasteiger partial charge on any atom is -0.497 e. The standard InChI is InChI=1S/C19H15NO3S2/c1-23-13-7-10-18-17(11-13)20-16-9-8-15(12-19(16)24-18)25(21,22)14-5-3-2-4-6-14/h2-12,20H,1H3. The van der Waals surface area contributed by atoms with Crippen molar-refractivity contribution in [3.8, 4) is 5.75 Å². The Morgan fingerprint density at radius 3 is 2.40 bits per heavy atom. The van der Waals surface area contributed by atoms with Crippen LogP contribution in [0.1, 0.15) is 0 Å². The molecule has 4 rings (SSSR count). The molecule has 0 aliphatic carbocycles. The number of sulfone groups is 1. The topological polar surface area (TPSA) is 55.4 Å². The van der Waals surface area contributed by atoms with Crippen molar-refractivity contribution in [3.05, 3.63) is 66.7 Å². The summed E-state index contributed by atoms with van der Waals surface area (Å²) in [6.07, 6.45) is 0. The summed E-state index contributed by atoms with van der Waals surface area (Å²) in [5.74, 6) is 0.776. The monoisotopic (exact) mass is 369 g/mol. The molecular weight excluding hydrogens is 354 g/mol. The van der Waals surface area contributed by atoms with Crippen LogP contribution in [0.25, 0.3) is 0 Å². The molecule has 126 valence electrons. The van der Waals surface area contributed by atoms with Crippen molar-refractivity contribution in [2.75, 3.05) is 12.4 Å². The Hall–Kier alpha value is -2.44. The van der Waals surface area contributed by atoms with Gasteiger partial charge < -0.3 is 10.1 Å². The maximum absolute atomic E-state index is 12.8. The van der Waals surface area contributed by atoms with Crippen LogP contribution in [0, 0.1) is 0 Å². The van der Waals surface area contributed by atoms with Crippen molar-refractivity contribution in [1.29, 1.82) is 0 Å². The molecule has 0 unspecified atom stereocenters. The second kappa shape index (κ2) is 6.13. The van der Waals surface area contributed by atoms with E-state index in [1.54, 1.807) is 67.4 Å². The van der Waals surface area contributed by atoms with Gasteiger partial charge in [-0.2, -0.15) is 0 Å². The number of hydrogen-bond donors (Lipinski definition) is 1. The van der Waals surface area contributed by atoms with Crippen LogP contribution in [0.3, 0.4) is 0 Å². The Morgan fingerprint density at radius 2 is 1.64 bits per heavy atom. The van der Waals surface area contributed by atoms with Crippen molar-refractivity contribution >= 4 is 33.0 Å². The Bertz CT molecular complexity index is 1050. The van der Waals surface area contributed by atoms with Gasteiger partial charge in [0.25, 0.3) is 0 Å². The highest BCUT2D eigenvalue weighted by molar-refractivity contribution is 7.99. The predicted molar refractivity (Wildman–Crippen MR) is 98.7 cm³/mol. The highest BCUT2D eigenvalue weighted by Crippen LogP contribution is 2.46. The molecule has 6 heteroatoms. The normalized spacial score (nSPS) is 12.7. The molecule has 0 saturated heterocycles. The molecule has 1 aliphatic rings. The van der Waals surface area contributed by atoms with Gasteiger partial charge in [-0.1, -0.05) is 30.0 Å². The molecule has 1 heterocycles. The summed E-state index contributed by atoms with van der Waals surface area (Å²) in [5, 5.41) is 3.34. The lowest BCUT2D eigenvalue weighted by atomic mass is 10.2. The van der Waals surface area contributed by atoms with Crippen molar-refractivity contribution in [2.45, 2.75) is 19.6 Å². The van der Waals surface area contributed by atoms with Gasteiger partial charge in [0.2, 0.25) is 9.84 Å². The molecule has 0 atom stereocenters. The molecular formula is C19H15NO3S2. The lowest BCUT2D eigenvalue weighted by Crippen LogP contribution is -2.05. The Morgan fingerprint density at radius 1 is 0.840 bits per heavy atom. The SMILES string of the molecule is COc1ccc2c(c1)Nc1ccc(S(=O)(=O)c3ccccc3)cc1S2. The molecule has 0 bridgehead atoms. The summed E-state index contributed by atoms with van der Waals surface area (Å²) < 4.78 is 30.9. The second-order valence-electron chi connectivity index (χ2n) is 5.56. The van der Waals surface area contributed by atoms with Crippen LogP contribution in [-0.4, -0.2) is 15.5 Å². The van der Waals surface area contributed by atoms with Gasteiger partial charge in [-0.15, -0.1) is 0 Å². The zero-order valence-corrected chi connectivity index (χ0v) is 15.0. The van der Waals surface area contributed by atoms with Gasteiger partial charge in [0.15, 0.2) is 0 Å². The Balaban J connectivity index is 1.73. The van der Waals surface area contributed by atoms with E-state index in [1.165, 1.54) is 0 Å². The lowest BCUT2D eigenvalue weighted by Gasteiger charge is -2.22. The van der Waals surface area contributed by atoms with Crippen LogP contribution >= 0.6 is 11.8 Å². The summed E-state index contributed by atoms with van der Waals surface area (Å²) in [5.41, 5.74) is 1.84. The minimum atomic E-state index is -3.52. The highest BCUT2D eigenvalue weighted by Gasteiger charge is 2.22. The number of nitrogens with one attached hydrogen (secondary N) is 1. The molecule has 0 spiro atoms. The zero-order chi connectivity index (χ0) is 17.4. The van der Waals surface area contributed by atoms with E-state index < -0.39 is 9.84 Å². The average Bonchev–Trinajstić information content (AvgIpc) is 2.66. The van der Waals surface area contributed by atoms with Crippen LogP contribution in [-0.2, 0) is 9.84 Å². The number of hydrogen-bond acceptors (Lipinski definition) is 5. The van der Waals surface area contributed by atoms with E-state index in [2.05, 4.69) is 5.32 Å². The zero-order valence-electron chi connectivity index (χ0n) is 13.4. The third-order valence-corrected chi connectivity index (χ3v) is 6.89. The van der Waals surface area contributed by atoms with Crippen LogP contribution in [0.5, 0.6) is 5.75 Å². The molecule has 0 fully saturated rings. The van der Waals surface area contributed by atoms with Crippen LogP contribution < -0.4 is 10.1 Å². The molecule has 3 aromatic rings. The third-order valence-electron chi connectivity index (χ3n) is 3.99. The van der Waals surface area contributed by atoms with Gasteiger partial charge >= 0.3 is 0 Å². The van der Waals surface area contributed by atoms with Crippen molar-refractivity contribution in [1.82, 2.24) is 0 Å². The molecule has 3 aromatic carbocycles. The fourth-order valence-corrected chi connectivity index (χ4v) is 5.07. The maximum Gasteiger partial charge on any atom is 0.206 e. The molecule has 1 aliphatic heterocycles. The number of methoxy groups -OCH3 is 1. The van der Waals surface area contributed by atoms with E-state index in [0.717, 1.165) is 26.9 Å². The summed E-state index contributed by atoms with van der Waals surface area (Å²) in [6, 6.07) is 19.4. The number of anilines is 2. The average molecular weight is 369 g/mol. The highest BCUT2D eigenvalue weighted by atomic mass is 32.2. The van der Waals surface area contributed by atoms with Gasteiger partial charge in [-0.25, -0.2) is 8.42 Å². The van der Waals surface area contributed by atoms with E-state index in [9.17, 15) is 8.42 Å². The third kappa shape index (κ3) is 2.88. The molecule has 25 heavy (non-hydrogen) atoms. The minimum absolute atomic E-state index is 0.295. The molecule has 0 radical (unpaired) electrons. The number of ether oxygens (including phenoxy) is 1. The van der Waals surface area contributed by atoms with E-state index in [1.807, 2.05) is 18.2 Å². The van der Waals surface area contributed by atoms with Gasteiger partial charge in [0.05, 0.1) is 28.3 Å². The van der Waals surface area contributed by atoms with Gasteiger partial charge in [0.1, 0.15) is 5.75 Å². The number of fused-ring (bicyclic) bond motifs is 2. The van der Waals surface area contributed by atoms with E-state index in [4.69, 9.17) is 4.74 Å². The largest absolute Gasteiger partial charge is 0.497 e. The molecule has 0 aromatic heterocycles. The number of rotatable bonds is 3. The van der Waals surface area contributed by atoms with Crippen molar-refractivity contribution in [2.24, 2.45) is 0 Å². The smallest absolute Gasteiger partial charge is 0.206 e. The summed E-state index contributed by atoms with van der Waals surface area (Å²) >= 11 is 1.54. The molecule has 4 nitrogen and oxygen atoms in total. The van der Waals surface area contributed by atoms with E-state index in [-0.39, 0.29) is 0 Å². The van der Waals surface area contributed by atoms with Gasteiger partial charge in [-0.05, 0) is 42.5 Å². The lowest BCUT2D eigenvalue weighted by molar-refractivity contribution is 0.414. The predicted octanol–water partition coefficient (Wildman–Crippen LogP) is 4.74. The van der Waals surface area contributed by atoms with Crippen LogP contribution in [0.2, 0.25) is 0 Å². The second-order valence-corrected chi connectivity index (χ2v) is 8.60. The van der Waals surface area contributed by atoms with E-state index >= 15 is 0 Å². The summed E-state index contributed by atoms with van der Waals surface area (Å²) in [4.78, 5) is 2.51. The van der Waals surface area contributed by atoms with Gasteiger partial charge in [0, 0.05) is 15.9 Å². The molecule has 0 saturated carbocycles. The fraction of sp³-hybridized carbons (Fsp3) is 0.0526. The van der Waals surface area contributed by atoms with Crippen molar-refractivity contribution < 1.29 is 13.2 Å². The Kier molecular flexibility index (Phi) is 3.94. The van der Waals surface area contributed by atoms with Gasteiger partial charge in [-0.3, -0.25) is 0 Å².